The summed E-state index contributed by atoms with van der Waals surface area (Å²) in [4.78, 5) is 16.6. The summed E-state index contributed by atoms with van der Waals surface area (Å²) >= 11 is 0. The van der Waals surface area contributed by atoms with Gasteiger partial charge in [0.15, 0.2) is 34.6 Å². The summed E-state index contributed by atoms with van der Waals surface area (Å²) in [5, 5.41) is 18.7. The molecular weight excluding hydrogens is 473 g/mol. The number of nitriles is 2. The number of carbonyl (C=O) groups is 1. The molecule has 5 rings (SSSR count). The first-order valence-electron chi connectivity index (χ1n) is 9.59. The lowest BCUT2D eigenvalue weighted by Gasteiger charge is -2.04. The summed E-state index contributed by atoms with van der Waals surface area (Å²) in [6.07, 6.45) is 1.22. The molecule has 0 fully saturated rings. The van der Waals surface area contributed by atoms with Gasteiger partial charge in [-0.3, -0.25) is 4.79 Å². The first-order valence-corrected chi connectivity index (χ1v) is 9.59. The maximum atomic E-state index is 14.1. The third kappa shape index (κ3) is 3.14. The number of hydrogen-bond donors (Lipinski definition) is 0. The van der Waals surface area contributed by atoms with Crippen LogP contribution in [0, 0.1) is 51.7 Å². The number of ketones is 1. The zero-order valence-electron chi connectivity index (χ0n) is 16.9. The quantitative estimate of drug-likeness (QED) is 0.117. The van der Waals surface area contributed by atoms with Crippen LogP contribution in [0.25, 0.3) is 34.4 Å². The van der Waals surface area contributed by atoms with Crippen LogP contribution in [-0.4, -0.2) is 10.8 Å². The van der Waals surface area contributed by atoms with Crippen LogP contribution < -0.4 is 0 Å². The molecule has 2 heterocycles. The molecule has 0 amide bonds. The Balaban J connectivity index is 1.63. The monoisotopic (exact) mass is 479 g/mol. The molecule has 1 aliphatic rings. The van der Waals surface area contributed by atoms with Crippen LogP contribution in [0.3, 0.4) is 0 Å². The van der Waals surface area contributed by atoms with Gasteiger partial charge in [0.2, 0.25) is 11.7 Å². The van der Waals surface area contributed by atoms with E-state index in [1.807, 2.05) is 0 Å². The van der Waals surface area contributed by atoms with Gasteiger partial charge >= 0.3 is 0 Å². The Labute approximate surface area is 191 Å². The molecule has 35 heavy (non-hydrogen) atoms. The van der Waals surface area contributed by atoms with Crippen LogP contribution in [0.5, 0.6) is 0 Å². The molecule has 6 nitrogen and oxygen atoms in total. The molecule has 0 atom stereocenters. The minimum Gasteiger partial charge on any atom is -0.436 e. The summed E-state index contributed by atoms with van der Waals surface area (Å²) < 4.78 is 79.1. The van der Waals surface area contributed by atoms with Crippen molar-refractivity contribution in [3.8, 4) is 23.6 Å². The smallest absolute Gasteiger partial charge is 0.266 e. The first kappa shape index (κ1) is 21.8. The average molecular weight is 479 g/mol. The normalized spacial score (nSPS) is 13.9. The molecule has 11 heteroatoms. The maximum Gasteiger partial charge on any atom is 0.266 e. The molecule has 0 N–H and O–H groups in total. The number of allylic oxidation sites excluding steroid dienone is 3. The predicted molar refractivity (Wildman–Crippen MR) is 108 cm³/mol. The van der Waals surface area contributed by atoms with Gasteiger partial charge in [-0.25, -0.2) is 22.0 Å². The summed E-state index contributed by atoms with van der Waals surface area (Å²) in [5.41, 5.74) is -1.54. The SMILES string of the molecule is N#CC(C#N)=C1/C(=C/c2cc3oc(-c4c(F)c(F)c(F)c(F)c4F)nc3o2)C(=O)c2ccccc21. The molecule has 0 saturated carbocycles. The van der Waals surface area contributed by atoms with Gasteiger partial charge in [-0.1, -0.05) is 24.3 Å². The van der Waals surface area contributed by atoms with Crippen LogP contribution >= 0.6 is 0 Å². The largest absolute Gasteiger partial charge is 0.436 e. The van der Waals surface area contributed by atoms with Gasteiger partial charge in [0.05, 0.1) is 0 Å². The van der Waals surface area contributed by atoms with Crippen LogP contribution in [0.4, 0.5) is 22.0 Å². The molecule has 0 saturated heterocycles. The summed E-state index contributed by atoms with van der Waals surface area (Å²) in [6.45, 7) is 0. The van der Waals surface area contributed by atoms with Gasteiger partial charge in [0, 0.05) is 22.8 Å². The fourth-order valence-electron chi connectivity index (χ4n) is 3.71. The molecule has 0 radical (unpaired) electrons. The second-order valence-electron chi connectivity index (χ2n) is 7.19. The highest BCUT2D eigenvalue weighted by atomic mass is 19.2. The van der Waals surface area contributed by atoms with E-state index in [-0.39, 0.29) is 39.3 Å². The van der Waals surface area contributed by atoms with E-state index in [1.54, 1.807) is 30.3 Å². The minimum absolute atomic E-state index is 0.0271. The number of oxazole rings is 1. The van der Waals surface area contributed by atoms with E-state index in [4.69, 9.17) is 8.83 Å². The maximum absolute atomic E-state index is 14.1. The van der Waals surface area contributed by atoms with E-state index < -0.39 is 46.3 Å². The van der Waals surface area contributed by atoms with Crippen molar-refractivity contribution in [1.82, 2.24) is 4.98 Å². The molecule has 170 valence electrons. The average Bonchev–Trinajstić information content (AvgIpc) is 3.49. The highest BCUT2D eigenvalue weighted by Crippen LogP contribution is 2.40. The van der Waals surface area contributed by atoms with Crippen molar-refractivity contribution in [2.45, 2.75) is 0 Å². The van der Waals surface area contributed by atoms with E-state index in [0.29, 0.717) is 5.56 Å². The van der Waals surface area contributed by atoms with E-state index >= 15 is 0 Å². The Morgan fingerprint density at radius 2 is 1.49 bits per heavy atom. The number of nitrogens with zero attached hydrogens (tertiary/aromatic N) is 3. The number of benzene rings is 2. The third-order valence-corrected chi connectivity index (χ3v) is 5.25. The van der Waals surface area contributed by atoms with E-state index in [9.17, 15) is 37.3 Å². The third-order valence-electron chi connectivity index (χ3n) is 5.25. The number of furan rings is 1. The number of fused-ring (bicyclic) bond motifs is 2. The van der Waals surface area contributed by atoms with Crippen molar-refractivity contribution in [3.05, 3.63) is 87.5 Å². The Morgan fingerprint density at radius 1 is 0.886 bits per heavy atom. The number of aromatic nitrogens is 1. The fraction of sp³-hybridized carbons (Fsp3) is 0. The summed E-state index contributed by atoms with van der Waals surface area (Å²) in [7, 11) is 0. The van der Waals surface area contributed by atoms with Gasteiger partial charge in [-0.05, 0) is 11.6 Å². The Bertz CT molecular complexity index is 1670. The Morgan fingerprint density at radius 3 is 2.09 bits per heavy atom. The molecule has 1 aliphatic carbocycles. The lowest BCUT2D eigenvalue weighted by Crippen LogP contribution is -2.04. The van der Waals surface area contributed by atoms with Crippen LogP contribution in [0.15, 0.2) is 50.3 Å². The van der Waals surface area contributed by atoms with E-state index in [0.717, 1.165) is 6.07 Å². The van der Waals surface area contributed by atoms with Crippen molar-refractivity contribution in [2.24, 2.45) is 0 Å². The molecule has 0 unspecified atom stereocenters. The van der Waals surface area contributed by atoms with Crippen LogP contribution in [0.2, 0.25) is 0 Å². The number of Topliss-reactive ketones (excluding diaryl/α,β-unsaturated/α-hetero) is 1. The fourth-order valence-corrected chi connectivity index (χ4v) is 3.71. The van der Waals surface area contributed by atoms with Gasteiger partial charge in [0.25, 0.3) is 5.71 Å². The molecule has 4 aromatic rings. The predicted octanol–water partition coefficient (Wildman–Crippen LogP) is 5.86. The van der Waals surface area contributed by atoms with Crippen molar-refractivity contribution >= 4 is 28.7 Å². The molecule has 0 spiro atoms. The summed E-state index contributed by atoms with van der Waals surface area (Å²) in [5.74, 6) is -12.3. The lowest BCUT2D eigenvalue weighted by molar-refractivity contribution is 0.104. The van der Waals surface area contributed by atoms with Gasteiger partial charge in [-0.15, -0.1) is 0 Å². The highest BCUT2D eigenvalue weighted by Gasteiger charge is 2.33. The molecular formula is C24H6F5N3O3. The number of halogens is 5. The van der Waals surface area contributed by atoms with E-state index in [2.05, 4.69) is 4.98 Å². The number of carbonyl (C=O) groups excluding carboxylic acids is 1. The zero-order valence-corrected chi connectivity index (χ0v) is 16.9. The zero-order chi connectivity index (χ0) is 25.0. The topological polar surface area (TPSA) is 104 Å². The van der Waals surface area contributed by atoms with E-state index in [1.165, 1.54) is 12.1 Å². The van der Waals surface area contributed by atoms with Crippen LogP contribution in [-0.2, 0) is 0 Å². The van der Waals surface area contributed by atoms with Gasteiger partial charge in [0.1, 0.15) is 29.0 Å². The van der Waals surface area contributed by atoms with Crippen molar-refractivity contribution in [1.29, 1.82) is 10.5 Å². The van der Waals surface area contributed by atoms with Crippen LogP contribution in [0.1, 0.15) is 21.7 Å². The molecule has 2 aromatic carbocycles. The van der Waals surface area contributed by atoms with Crippen molar-refractivity contribution in [2.75, 3.05) is 0 Å². The standard InChI is InChI=1S/C24H6F5N3O3/c25-17-16(18(26)20(28)21(29)19(17)27)24-32-23-14(35-24)6-10(34-23)5-13-15(9(7-30)8-31)11-3-1-2-4-12(11)22(13)33/h1-6H/b13-5-. The second kappa shape index (κ2) is 7.78. The first-order chi connectivity index (χ1) is 16.8. The second-order valence-corrected chi connectivity index (χ2v) is 7.19. The Kier molecular flexibility index (Phi) is 4.85. The lowest BCUT2D eigenvalue weighted by atomic mass is 9.99. The van der Waals surface area contributed by atoms with Gasteiger partial charge < -0.3 is 8.83 Å². The van der Waals surface area contributed by atoms with Gasteiger partial charge in [-0.2, -0.15) is 15.5 Å². The number of hydrogen-bond acceptors (Lipinski definition) is 6. The minimum atomic E-state index is -2.33. The summed E-state index contributed by atoms with van der Waals surface area (Å²) in [6, 6.07) is 11.0. The highest BCUT2D eigenvalue weighted by molar-refractivity contribution is 6.29. The molecule has 0 aliphatic heterocycles. The molecule has 2 aromatic heterocycles. The van der Waals surface area contributed by atoms with Crippen molar-refractivity contribution in [3.63, 3.8) is 0 Å². The number of rotatable bonds is 2. The molecule has 0 bridgehead atoms. The Hall–Kier alpha value is -5.03. The van der Waals surface area contributed by atoms with Crippen molar-refractivity contribution < 1.29 is 35.6 Å².